The van der Waals surface area contributed by atoms with E-state index in [-0.39, 0.29) is 17.9 Å². The number of carbonyl (C=O) groups is 1. The van der Waals surface area contributed by atoms with Crippen molar-refractivity contribution in [2.24, 2.45) is 5.92 Å². The molecule has 1 aliphatic carbocycles. The lowest BCUT2D eigenvalue weighted by atomic mass is 9.69. The van der Waals surface area contributed by atoms with E-state index in [1.165, 1.54) is 0 Å². The molecule has 2 aliphatic rings. The van der Waals surface area contributed by atoms with Crippen LogP contribution in [0.5, 0.6) is 0 Å². The molecule has 0 aromatic heterocycles. The van der Waals surface area contributed by atoms with Gasteiger partial charge in [0.05, 0.1) is 17.9 Å². The smallest absolute Gasteiger partial charge is 0.414 e. The second-order valence-corrected chi connectivity index (χ2v) is 6.23. The number of hydrogen-bond donors (Lipinski definition) is 1. The van der Waals surface area contributed by atoms with Crippen LogP contribution in [-0.4, -0.2) is 24.4 Å². The topological polar surface area (TPSA) is 49.8 Å². The Bertz CT molecular complexity index is 612. The predicted molar refractivity (Wildman–Crippen MR) is 86.0 cm³/mol. The van der Waals surface area contributed by atoms with Crippen LogP contribution in [0, 0.1) is 5.92 Å². The molecule has 4 nitrogen and oxygen atoms in total. The summed E-state index contributed by atoms with van der Waals surface area (Å²) in [5.74, 6) is 0.254. The van der Waals surface area contributed by atoms with Crippen LogP contribution < -0.4 is 4.90 Å². The number of carbonyl (C=O) groups excluding carboxylic acids is 1. The summed E-state index contributed by atoms with van der Waals surface area (Å²) in [6, 6.07) is 5.84. The van der Waals surface area contributed by atoms with E-state index >= 15 is 0 Å². The molecule has 0 bridgehead atoms. The van der Waals surface area contributed by atoms with E-state index in [1.807, 2.05) is 32.0 Å². The first-order chi connectivity index (χ1) is 10.5. The van der Waals surface area contributed by atoms with Gasteiger partial charge in [0.15, 0.2) is 0 Å². The highest BCUT2D eigenvalue weighted by molar-refractivity contribution is 5.91. The number of hydrogen-bond acceptors (Lipinski definition) is 3. The molecule has 0 radical (unpaired) electrons. The first-order valence-corrected chi connectivity index (χ1v) is 7.95. The van der Waals surface area contributed by atoms with Gasteiger partial charge in [-0.3, -0.25) is 4.90 Å². The van der Waals surface area contributed by atoms with Gasteiger partial charge in [-0.2, -0.15) is 0 Å². The minimum atomic E-state index is -0.895. The zero-order chi connectivity index (χ0) is 15.9. The standard InChI is InChI=1S/C18H23NO3/c1-4-12(3)18(21)10-9-13-11-19(17(20)22-5-2)15-8-6-7-14(18)16(13)15/h4,6-8,12-13,21H,1,5,9-11H2,2-3H3. The molecule has 1 aliphatic heterocycles. The SMILES string of the molecule is C=CC(C)C1(O)CCC2CN(C(=O)OCC)c3cccc1c32. The van der Waals surface area contributed by atoms with Gasteiger partial charge < -0.3 is 9.84 Å². The number of anilines is 1. The molecule has 3 atom stereocenters. The summed E-state index contributed by atoms with van der Waals surface area (Å²) in [5.41, 5.74) is 2.04. The van der Waals surface area contributed by atoms with Crippen LogP contribution in [0.25, 0.3) is 0 Å². The van der Waals surface area contributed by atoms with Crippen LogP contribution in [0.2, 0.25) is 0 Å². The number of ether oxygens (including phenoxy) is 1. The van der Waals surface area contributed by atoms with Gasteiger partial charge in [0, 0.05) is 18.4 Å². The van der Waals surface area contributed by atoms with Crippen LogP contribution in [0.1, 0.15) is 43.7 Å². The molecule has 0 spiro atoms. The van der Waals surface area contributed by atoms with Gasteiger partial charge in [-0.25, -0.2) is 4.79 Å². The third kappa shape index (κ3) is 2.05. The van der Waals surface area contributed by atoms with Crippen molar-refractivity contribution in [2.75, 3.05) is 18.1 Å². The van der Waals surface area contributed by atoms with E-state index in [0.29, 0.717) is 19.6 Å². The normalized spacial score (nSPS) is 27.2. The zero-order valence-corrected chi connectivity index (χ0v) is 13.2. The molecule has 3 rings (SSSR count). The molecule has 4 heteroatoms. The summed E-state index contributed by atoms with van der Waals surface area (Å²) in [7, 11) is 0. The quantitative estimate of drug-likeness (QED) is 0.869. The van der Waals surface area contributed by atoms with Gasteiger partial charge >= 0.3 is 6.09 Å². The second-order valence-electron chi connectivity index (χ2n) is 6.23. The number of benzene rings is 1. The van der Waals surface area contributed by atoms with Crippen molar-refractivity contribution in [1.29, 1.82) is 0 Å². The zero-order valence-electron chi connectivity index (χ0n) is 13.2. The Labute approximate surface area is 131 Å². The van der Waals surface area contributed by atoms with Gasteiger partial charge in [-0.05, 0) is 37.0 Å². The molecule has 0 saturated heterocycles. The number of rotatable bonds is 3. The maximum Gasteiger partial charge on any atom is 0.414 e. The van der Waals surface area contributed by atoms with E-state index in [2.05, 4.69) is 6.58 Å². The van der Waals surface area contributed by atoms with Gasteiger partial charge in [-0.1, -0.05) is 25.1 Å². The summed E-state index contributed by atoms with van der Waals surface area (Å²) in [5, 5.41) is 11.2. The number of aliphatic hydroxyl groups is 1. The summed E-state index contributed by atoms with van der Waals surface area (Å²) in [6.45, 7) is 8.65. The Morgan fingerprint density at radius 1 is 1.64 bits per heavy atom. The van der Waals surface area contributed by atoms with Gasteiger partial charge in [0.1, 0.15) is 0 Å². The third-order valence-electron chi connectivity index (χ3n) is 5.12. The van der Waals surface area contributed by atoms with Crippen LogP contribution in [0.15, 0.2) is 30.9 Å². The fourth-order valence-corrected chi connectivity index (χ4v) is 3.81. The fourth-order valence-electron chi connectivity index (χ4n) is 3.81. The third-order valence-corrected chi connectivity index (χ3v) is 5.12. The summed E-state index contributed by atoms with van der Waals surface area (Å²) >= 11 is 0. The fraction of sp³-hybridized carbons (Fsp3) is 0.500. The highest BCUT2D eigenvalue weighted by Gasteiger charge is 2.46. The maximum absolute atomic E-state index is 12.2. The van der Waals surface area contributed by atoms with Crippen molar-refractivity contribution in [3.05, 3.63) is 42.0 Å². The van der Waals surface area contributed by atoms with Crippen molar-refractivity contribution >= 4 is 11.8 Å². The molecule has 1 N–H and O–H groups in total. The Morgan fingerprint density at radius 3 is 3.09 bits per heavy atom. The van der Waals surface area contributed by atoms with E-state index < -0.39 is 5.60 Å². The summed E-state index contributed by atoms with van der Waals surface area (Å²) in [6.07, 6.45) is 3.07. The van der Waals surface area contributed by atoms with Crippen molar-refractivity contribution in [2.45, 2.75) is 38.2 Å². The maximum atomic E-state index is 12.2. The highest BCUT2D eigenvalue weighted by Crippen LogP contribution is 2.52. The molecule has 0 fully saturated rings. The molecule has 1 amide bonds. The van der Waals surface area contributed by atoms with E-state index in [9.17, 15) is 9.90 Å². The number of amides is 1. The molecule has 1 heterocycles. The van der Waals surface area contributed by atoms with Gasteiger partial charge in [0.25, 0.3) is 0 Å². The molecule has 118 valence electrons. The Hall–Kier alpha value is -1.81. The Kier molecular flexibility index (Phi) is 3.73. The molecule has 3 unspecified atom stereocenters. The molecular formula is C18H23NO3. The van der Waals surface area contributed by atoms with Gasteiger partial charge in [-0.15, -0.1) is 6.58 Å². The van der Waals surface area contributed by atoms with E-state index in [1.54, 1.807) is 11.0 Å². The Balaban J connectivity index is 2.07. The number of nitrogens with zero attached hydrogens (tertiary/aromatic N) is 1. The van der Waals surface area contributed by atoms with Crippen LogP contribution in [-0.2, 0) is 10.3 Å². The minimum Gasteiger partial charge on any atom is -0.449 e. The molecule has 1 aromatic rings. The van der Waals surface area contributed by atoms with Gasteiger partial charge in [0.2, 0.25) is 0 Å². The molecule has 0 saturated carbocycles. The molecule has 22 heavy (non-hydrogen) atoms. The highest BCUT2D eigenvalue weighted by atomic mass is 16.6. The summed E-state index contributed by atoms with van der Waals surface area (Å²) < 4.78 is 5.16. The van der Waals surface area contributed by atoms with Crippen LogP contribution in [0.3, 0.4) is 0 Å². The van der Waals surface area contributed by atoms with E-state index in [4.69, 9.17) is 4.74 Å². The average molecular weight is 301 g/mol. The monoisotopic (exact) mass is 301 g/mol. The van der Waals surface area contributed by atoms with Crippen LogP contribution >= 0.6 is 0 Å². The first-order valence-electron chi connectivity index (χ1n) is 7.95. The van der Waals surface area contributed by atoms with Crippen molar-refractivity contribution in [3.8, 4) is 0 Å². The first kappa shape index (κ1) is 15.1. The lowest BCUT2D eigenvalue weighted by molar-refractivity contribution is -0.0178. The lowest BCUT2D eigenvalue weighted by Gasteiger charge is -2.39. The van der Waals surface area contributed by atoms with Crippen molar-refractivity contribution in [1.82, 2.24) is 0 Å². The average Bonchev–Trinajstić information content (AvgIpc) is 2.91. The lowest BCUT2D eigenvalue weighted by Crippen LogP contribution is -2.37. The second kappa shape index (κ2) is 5.43. The predicted octanol–water partition coefficient (Wildman–Crippen LogP) is 3.55. The van der Waals surface area contributed by atoms with Crippen molar-refractivity contribution < 1.29 is 14.6 Å². The molecular weight excluding hydrogens is 278 g/mol. The van der Waals surface area contributed by atoms with Crippen LogP contribution in [0.4, 0.5) is 10.5 Å². The minimum absolute atomic E-state index is 0.0309. The summed E-state index contributed by atoms with van der Waals surface area (Å²) in [4.78, 5) is 13.9. The van der Waals surface area contributed by atoms with E-state index in [0.717, 1.165) is 23.2 Å². The van der Waals surface area contributed by atoms with Crippen molar-refractivity contribution in [3.63, 3.8) is 0 Å². The largest absolute Gasteiger partial charge is 0.449 e. The molecule has 1 aromatic carbocycles. The Morgan fingerprint density at radius 2 is 2.41 bits per heavy atom.